The molecule has 0 aliphatic heterocycles. The highest BCUT2D eigenvalue weighted by Crippen LogP contribution is 2.24. The number of benzene rings is 1. The summed E-state index contributed by atoms with van der Waals surface area (Å²) < 4.78 is 5.49. The highest BCUT2D eigenvalue weighted by Gasteiger charge is 2.06. The van der Waals surface area contributed by atoms with Crippen LogP contribution < -0.4 is 5.73 Å². The van der Waals surface area contributed by atoms with E-state index in [0.29, 0.717) is 18.9 Å². The van der Waals surface area contributed by atoms with Gasteiger partial charge in [-0.3, -0.25) is 0 Å². The summed E-state index contributed by atoms with van der Waals surface area (Å²) in [4.78, 5) is 0. The topological polar surface area (TPSA) is 55.5 Å². The average Bonchev–Trinajstić information content (AvgIpc) is 2.29. The number of nitrogens with two attached hydrogens (primary N) is 1. The maximum Gasteiger partial charge on any atom is 0.124 e. The van der Waals surface area contributed by atoms with Gasteiger partial charge in [-0.1, -0.05) is 19.4 Å². The number of hydrogen-bond acceptors (Lipinski definition) is 3. The molecule has 0 saturated carbocycles. The van der Waals surface area contributed by atoms with Crippen molar-refractivity contribution in [2.45, 2.75) is 39.8 Å². The minimum absolute atomic E-state index is 0.327. The first-order valence-electron chi connectivity index (χ1n) is 5.78. The molecule has 3 nitrogen and oxygen atoms in total. The molecule has 1 aromatic carbocycles. The van der Waals surface area contributed by atoms with Gasteiger partial charge in [0.2, 0.25) is 0 Å². The molecule has 0 radical (unpaired) electrons. The van der Waals surface area contributed by atoms with Crippen LogP contribution in [0.3, 0.4) is 0 Å². The van der Waals surface area contributed by atoms with Crippen molar-refractivity contribution in [1.82, 2.24) is 0 Å². The molecule has 0 atom stereocenters. The quantitative estimate of drug-likeness (QED) is 0.728. The van der Waals surface area contributed by atoms with E-state index in [-0.39, 0.29) is 0 Å². The molecular weight excluding hydrogens is 202 g/mol. The van der Waals surface area contributed by atoms with E-state index in [4.69, 9.17) is 10.5 Å². The Hall–Kier alpha value is -1.06. The molecule has 0 aliphatic rings. The number of ether oxygens (including phenoxy) is 1. The summed E-state index contributed by atoms with van der Waals surface area (Å²) in [5.41, 5.74) is 8.31. The van der Waals surface area contributed by atoms with Gasteiger partial charge in [0.25, 0.3) is 0 Å². The van der Waals surface area contributed by atoms with Crippen LogP contribution in [0.5, 0.6) is 5.75 Å². The van der Waals surface area contributed by atoms with Gasteiger partial charge in [-0.25, -0.2) is 0 Å². The van der Waals surface area contributed by atoms with Gasteiger partial charge in [0.1, 0.15) is 5.75 Å². The number of aromatic hydroxyl groups is 1. The number of aryl methyl sites for hydroxylation is 1. The van der Waals surface area contributed by atoms with Crippen molar-refractivity contribution in [1.29, 1.82) is 0 Å². The Morgan fingerprint density at radius 3 is 2.75 bits per heavy atom. The minimum Gasteiger partial charge on any atom is -0.507 e. The molecule has 0 fully saturated rings. The van der Waals surface area contributed by atoms with Crippen molar-refractivity contribution >= 4 is 0 Å². The maximum absolute atomic E-state index is 9.85. The van der Waals surface area contributed by atoms with Crippen molar-refractivity contribution in [2.24, 2.45) is 5.73 Å². The van der Waals surface area contributed by atoms with Crippen molar-refractivity contribution in [2.75, 3.05) is 6.61 Å². The molecule has 16 heavy (non-hydrogen) atoms. The first-order valence-corrected chi connectivity index (χ1v) is 5.78. The molecule has 0 heterocycles. The lowest BCUT2D eigenvalue weighted by Gasteiger charge is -2.10. The molecule has 0 saturated heterocycles. The van der Waals surface area contributed by atoms with Crippen molar-refractivity contribution in [3.8, 4) is 5.75 Å². The van der Waals surface area contributed by atoms with Crippen LogP contribution in [-0.2, 0) is 17.9 Å². The van der Waals surface area contributed by atoms with Gasteiger partial charge >= 0.3 is 0 Å². The number of hydrogen-bond donors (Lipinski definition) is 2. The van der Waals surface area contributed by atoms with E-state index in [2.05, 4.69) is 6.92 Å². The van der Waals surface area contributed by atoms with Gasteiger partial charge in [-0.05, 0) is 30.5 Å². The van der Waals surface area contributed by atoms with Gasteiger partial charge in [-0.2, -0.15) is 0 Å². The molecule has 3 N–H and O–H groups in total. The number of rotatable bonds is 6. The zero-order valence-electron chi connectivity index (χ0n) is 10.1. The Balaban J connectivity index is 2.66. The Bertz CT molecular complexity index is 337. The SMILES string of the molecule is CCCCOCc1cc(CN)cc(C)c1O. The normalized spacial score (nSPS) is 10.7. The lowest BCUT2D eigenvalue weighted by atomic mass is 10.1. The molecule has 1 rings (SSSR count). The van der Waals surface area contributed by atoms with Crippen LogP contribution in [0.25, 0.3) is 0 Å². The van der Waals surface area contributed by atoms with Crippen molar-refractivity contribution in [3.63, 3.8) is 0 Å². The van der Waals surface area contributed by atoms with Crippen LogP contribution in [-0.4, -0.2) is 11.7 Å². The number of phenols is 1. The third kappa shape index (κ3) is 3.51. The summed E-state index contributed by atoms with van der Waals surface area (Å²) in [6.45, 7) is 5.69. The Labute approximate surface area is 97.2 Å². The molecule has 0 aromatic heterocycles. The zero-order valence-corrected chi connectivity index (χ0v) is 10.1. The summed E-state index contributed by atoms with van der Waals surface area (Å²) >= 11 is 0. The van der Waals surface area contributed by atoms with E-state index in [1.54, 1.807) is 0 Å². The third-order valence-electron chi connectivity index (χ3n) is 2.57. The summed E-state index contributed by atoms with van der Waals surface area (Å²) in [7, 11) is 0. The monoisotopic (exact) mass is 223 g/mol. The standard InChI is InChI=1S/C13H21NO2/c1-3-4-5-16-9-12-7-11(8-14)6-10(2)13(12)15/h6-7,15H,3-5,8-9,14H2,1-2H3. The van der Waals surface area contributed by atoms with Crippen LogP contribution in [0.1, 0.15) is 36.5 Å². The third-order valence-corrected chi connectivity index (χ3v) is 2.57. The van der Waals surface area contributed by atoms with Crippen LogP contribution in [0.4, 0.5) is 0 Å². The van der Waals surface area contributed by atoms with Crippen molar-refractivity contribution < 1.29 is 9.84 Å². The predicted octanol–water partition coefficient (Wildman–Crippen LogP) is 2.48. The first kappa shape index (κ1) is 13.0. The van der Waals surface area contributed by atoms with E-state index in [1.807, 2.05) is 19.1 Å². The zero-order chi connectivity index (χ0) is 12.0. The summed E-state index contributed by atoms with van der Waals surface area (Å²) in [5, 5.41) is 9.85. The van der Waals surface area contributed by atoms with E-state index < -0.39 is 0 Å². The molecule has 0 spiro atoms. The predicted molar refractivity (Wildman–Crippen MR) is 65.3 cm³/mol. The fourth-order valence-corrected chi connectivity index (χ4v) is 1.59. The van der Waals surface area contributed by atoms with Crippen molar-refractivity contribution in [3.05, 3.63) is 28.8 Å². The van der Waals surface area contributed by atoms with E-state index in [9.17, 15) is 5.11 Å². The van der Waals surface area contributed by atoms with E-state index in [0.717, 1.165) is 36.1 Å². The highest BCUT2D eigenvalue weighted by molar-refractivity contribution is 5.42. The van der Waals surface area contributed by atoms with Crippen LogP contribution in [0.15, 0.2) is 12.1 Å². The fraction of sp³-hybridized carbons (Fsp3) is 0.538. The molecule has 0 aliphatic carbocycles. The van der Waals surface area contributed by atoms with Gasteiger partial charge in [0, 0.05) is 18.7 Å². The molecule has 0 unspecified atom stereocenters. The number of unbranched alkanes of at least 4 members (excludes halogenated alkanes) is 1. The van der Waals surface area contributed by atoms with Crippen LogP contribution >= 0.6 is 0 Å². The molecule has 0 bridgehead atoms. The average molecular weight is 223 g/mol. The summed E-state index contributed by atoms with van der Waals surface area (Å²) in [6, 6.07) is 3.82. The number of phenolic OH excluding ortho intramolecular Hbond substituents is 1. The highest BCUT2D eigenvalue weighted by atomic mass is 16.5. The lowest BCUT2D eigenvalue weighted by molar-refractivity contribution is 0.116. The summed E-state index contributed by atoms with van der Waals surface area (Å²) in [6.07, 6.45) is 2.17. The minimum atomic E-state index is 0.327. The first-order chi connectivity index (χ1) is 7.69. The molecular formula is C13H21NO2. The largest absolute Gasteiger partial charge is 0.507 e. The van der Waals surface area contributed by atoms with Crippen LogP contribution in [0.2, 0.25) is 0 Å². The Morgan fingerprint density at radius 1 is 1.38 bits per heavy atom. The lowest BCUT2D eigenvalue weighted by Crippen LogP contribution is -2.01. The van der Waals surface area contributed by atoms with Gasteiger partial charge < -0.3 is 15.6 Å². The van der Waals surface area contributed by atoms with Gasteiger partial charge in [0.05, 0.1) is 6.61 Å². The van der Waals surface area contributed by atoms with Gasteiger partial charge in [0.15, 0.2) is 0 Å². The van der Waals surface area contributed by atoms with Gasteiger partial charge in [-0.15, -0.1) is 0 Å². The molecule has 1 aromatic rings. The van der Waals surface area contributed by atoms with E-state index in [1.165, 1.54) is 0 Å². The fourth-order valence-electron chi connectivity index (χ4n) is 1.59. The Morgan fingerprint density at radius 2 is 2.12 bits per heavy atom. The Kier molecular flexibility index (Phi) is 5.29. The second-order valence-corrected chi connectivity index (χ2v) is 4.03. The summed E-state index contributed by atoms with van der Waals surface area (Å²) in [5.74, 6) is 0.327. The maximum atomic E-state index is 9.85. The smallest absolute Gasteiger partial charge is 0.124 e. The molecule has 3 heteroatoms. The molecule has 90 valence electrons. The second kappa shape index (κ2) is 6.51. The second-order valence-electron chi connectivity index (χ2n) is 4.03. The van der Waals surface area contributed by atoms with Crippen LogP contribution in [0, 0.1) is 6.92 Å². The molecule has 0 amide bonds. The van der Waals surface area contributed by atoms with E-state index >= 15 is 0 Å².